The Morgan fingerprint density at radius 1 is 0.864 bits per heavy atom. The molecule has 0 aliphatic heterocycles. The first kappa shape index (κ1) is 15.9. The molecular weight excluding hydrogens is 314 g/mol. The smallest absolute Gasteiger partial charge is 0.434 e. The van der Waals surface area contributed by atoms with Gasteiger partial charge in [-0.15, -0.1) is 0 Å². The molecule has 4 saturated carbocycles. The van der Waals surface area contributed by atoms with Crippen LogP contribution in [0.2, 0.25) is 0 Å². The van der Waals surface area contributed by atoms with Gasteiger partial charge in [-0.25, -0.2) is 0 Å². The van der Waals surface area contributed by atoms with Crippen molar-refractivity contribution in [1.29, 1.82) is 0 Å². The molecule has 0 aromatic carbocycles. The van der Waals surface area contributed by atoms with Gasteiger partial charge in [-0.05, 0) is 56.3 Å². The van der Waals surface area contributed by atoms with Gasteiger partial charge < -0.3 is 4.74 Å². The summed E-state index contributed by atoms with van der Waals surface area (Å²) in [5.74, 6) is -0.622. The number of alkyl halides is 6. The van der Waals surface area contributed by atoms with E-state index in [4.69, 9.17) is 0 Å². The van der Waals surface area contributed by atoms with Crippen molar-refractivity contribution >= 4 is 5.97 Å². The number of ether oxygens (including phenoxy) is 1. The normalized spacial score (nSPS) is 37.7. The predicted molar refractivity (Wildman–Crippen MR) is 62.6 cm³/mol. The summed E-state index contributed by atoms with van der Waals surface area (Å²) in [6.45, 7) is 0. The summed E-state index contributed by atoms with van der Waals surface area (Å²) in [5.41, 5.74) is -1.14. The molecule has 0 amide bonds. The van der Waals surface area contributed by atoms with E-state index in [0.29, 0.717) is 19.3 Å². The first-order chi connectivity index (χ1) is 9.99. The fraction of sp³-hybridized carbons (Fsp3) is 0.929. The van der Waals surface area contributed by atoms with Crippen LogP contribution in [0.1, 0.15) is 38.5 Å². The average Bonchev–Trinajstić information content (AvgIpc) is 2.30. The zero-order chi connectivity index (χ0) is 16.3. The van der Waals surface area contributed by atoms with Gasteiger partial charge in [0, 0.05) is 0 Å². The molecule has 4 aliphatic carbocycles. The molecule has 0 aromatic rings. The topological polar surface area (TPSA) is 26.3 Å². The van der Waals surface area contributed by atoms with E-state index < -0.39 is 29.8 Å². The van der Waals surface area contributed by atoms with E-state index >= 15 is 0 Å². The Labute approximate surface area is 123 Å². The van der Waals surface area contributed by atoms with Crippen molar-refractivity contribution in [2.24, 2.45) is 23.2 Å². The van der Waals surface area contributed by atoms with Crippen LogP contribution < -0.4 is 0 Å². The summed E-state index contributed by atoms with van der Waals surface area (Å²) in [5, 5.41) is 0. The Hall–Kier alpha value is -0.950. The molecule has 8 heteroatoms. The third-order valence-corrected chi connectivity index (χ3v) is 5.29. The summed E-state index contributed by atoms with van der Waals surface area (Å²) in [6, 6.07) is 0. The molecule has 4 fully saturated rings. The molecule has 4 bridgehead atoms. The van der Waals surface area contributed by atoms with Crippen molar-refractivity contribution in [1.82, 2.24) is 0 Å². The van der Waals surface area contributed by atoms with Gasteiger partial charge in [0.25, 0.3) is 6.10 Å². The van der Waals surface area contributed by atoms with Gasteiger partial charge in [0.05, 0.1) is 5.41 Å². The molecule has 0 unspecified atom stereocenters. The largest absolute Gasteiger partial charge is 0.442 e. The zero-order valence-corrected chi connectivity index (χ0v) is 11.6. The van der Waals surface area contributed by atoms with Crippen molar-refractivity contribution in [2.75, 3.05) is 0 Å². The SMILES string of the molecule is O=C(OC(C(F)(F)F)C(F)(F)F)C12CC3CC(CC(C3)C1)C2. The van der Waals surface area contributed by atoms with Crippen LogP contribution in [0.5, 0.6) is 0 Å². The molecule has 0 N–H and O–H groups in total. The summed E-state index contributed by atoms with van der Waals surface area (Å²) >= 11 is 0. The third kappa shape index (κ3) is 2.69. The lowest BCUT2D eigenvalue weighted by Gasteiger charge is -2.55. The van der Waals surface area contributed by atoms with Crippen molar-refractivity contribution in [3.63, 3.8) is 0 Å². The molecule has 0 saturated heterocycles. The van der Waals surface area contributed by atoms with E-state index in [1.165, 1.54) is 0 Å². The summed E-state index contributed by atoms with van der Waals surface area (Å²) < 4.78 is 79.3. The van der Waals surface area contributed by atoms with Crippen LogP contribution in [0, 0.1) is 23.2 Å². The van der Waals surface area contributed by atoms with E-state index in [2.05, 4.69) is 4.74 Å². The molecule has 0 radical (unpaired) electrons. The highest BCUT2D eigenvalue weighted by Gasteiger charge is 2.63. The Morgan fingerprint density at radius 3 is 1.55 bits per heavy atom. The number of halogens is 6. The van der Waals surface area contributed by atoms with Crippen LogP contribution in [0.3, 0.4) is 0 Å². The van der Waals surface area contributed by atoms with Gasteiger partial charge in [0.1, 0.15) is 0 Å². The highest BCUT2D eigenvalue weighted by atomic mass is 19.4. The van der Waals surface area contributed by atoms with Gasteiger partial charge in [-0.3, -0.25) is 4.79 Å². The van der Waals surface area contributed by atoms with Gasteiger partial charge in [0.2, 0.25) is 0 Å². The highest BCUT2D eigenvalue weighted by Crippen LogP contribution is 2.60. The van der Waals surface area contributed by atoms with Crippen LogP contribution in [0.25, 0.3) is 0 Å². The van der Waals surface area contributed by atoms with Gasteiger partial charge in [-0.2, -0.15) is 26.3 Å². The lowest BCUT2D eigenvalue weighted by Crippen LogP contribution is -2.54. The molecule has 126 valence electrons. The fourth-order valence-corrected chi connectivity index (χ4v) is 4.91. The Kier molecular flexibility index (Phi) is 3.45. The number of esters is 1. The molecule has 2 nitrogen and oxygen atoms in total. The Morgan fingerprint density at radius 2 is 1.23 bits per heavy atom. The lowest BCUT2D eigenvalue weighted by molar-refractivity contribution is -0.317. The maximum atomic E-state index is 12.6. The second-order valence-corrected chi connectivity index (χ2v) is 7.07. The van der Waals surface area contributed by atoms with E-state index in [1.807, 2.05) is 0 Å². The summed E-state index contributed by atoms with van der Waals surface area (Å²) in [7, 11) is 0. The van der Waals surface area contributed by atoms with E-state index in [-0.39, 0.29) is 17.8 Å². The van der Waals surface area contributed by atoms with Crippen LogP contribution in [-0.2, 0) is 9.53 Å². The molecule has 22 heavy (non-hydrogen) atoms. The first-order valence-electron chi connectivity index (χ1n) is 7.34. The second-order valence-electron chi connectivity index (χ2n) is 7.07. The minimum atomic E-state index is -5.64. The number of hydrogen-bond donors (Lipinski definition) is 0. The summed E-state index contributed by atoms with van der Waals surface area (Å²) in [4.78, 5) is 12.2. The molecular formula is C14H16F6O2. The molecule has 0 heterocycles. The Bertz CT molecular complexity index is 418. The third-order valence-electron chi connectivity index (χ3n) is 5.29. The van der Waals surface area contributed by atoms with Crippen LogP contribution in [0.15, 0.2) is 0 Å². The molecule has 0 aromatic heterocycles. The van der Waals surface area contributed by atoms with Crippen LogP contribution in [-0.4, -0.2) is 24.4 Å². The maximum absolute atomic E-state index is 12.6. The zero-order valence-electron chi connectivity index (χ0n) is 11.6. The quantitative estimate of drug-likeness (QED) is 0.559. The Balaban J connectivity index is 1.79. The number of rotatable bonds is 2. The second kappa shape index (κ2) is 4.77. The van der Waals surface area contributed by atoms with Crippen molar-refractivity contribution in [3.05, 3.63) is 0 Å². The monoisotopic (exact) mass is 330 g/mol. The number of hydrogen-bond acceptors (Lipinski definition) is 2. The van der Waals surface area contributed by atoms with Gasteiger partial charge in [0.15, 0.2) is 0 Å². The van der Waals surface area contributed by atoms with Crippen LogP contribution >= 0.6 is 0 Å². The van der Waals surface area contributed by atoms with Crippen molar-refractivity contribution in [2.45, 2.75) is 57.0 Å². The predicted octanol–water partition coefficient (Wildman–Crippen LogP) is 4.24. The van der Waals surface area contributed by atoms with E-state index in [9.17, 15) is 31.1 Å². The lowest BCUT2D eigenvalue weighted by atomic mass is 9.49. The average molecular weight is 330 g/mol. The molecule has 4 rings (SSSR count). The van der Waals surface area contributed by atoms with E-state index in [1.54, 1.807) is 0 Å². The molecule has 4 aliphatic rings. The van der Waals surface area contributed by atoms with E-state index in [0.717, 1.165) is 19.3 Å². The van der Waals surface area contributed by atoms with Crippen molar-refractivity contribution < 1.29 is 35.9 Å². The minimum absolute atomic E-state index is 0.231. The van der Waals surface area contributed by atoms with Gasteiger partial charge >= 0.3 is 18.3 Å². The maximum Gasteiger partial charge on any atom is 0.434 e. The van der Waals surface area contributed by atoms with Gasteiger partial charge in [-0.1, -0.05) is 0 Å². The molecule has 0 spiro atoms. The minimum Gasteiger partial charge on any atom is -0.442 e. The van der Waals surface area contributed by atoms with Crippen molar-refractivity contribution in [3.8, 4) is 0 Å². The molecule has 0 atom stereocenters. The standard InChI is InChI=1S/C14H16F6O2/c15-13(16,17)10(14(18,19)20)22-11(21)12-4-7-1-8(5-12)3-9(2-7)6-12/h7-10H,1-6H2. The summed E-state index contributed by atoms with van der Waals surface area (Å²) in [6.07, 6.45) is -11.5. The first-order valence-corrected chi connectivity index (χ1v) is 7.34. The number of carbonyl (C=O) groups excluding carboxylic acids is 1. The van der Waals surface area contributed by atoms with Crippen LogP contribution in [0.4, 0.5) is 26.3 Å². The fourth-order valence-electron chi connectivity index (χ4n) is 4.91. The number of carbonyl (C=O) groups is 1. The highest BCUT2D eigenvalue weighted by molar-refractivity contribution is 5.77.